The fraction of sp³-hybridized carbons (Fsp3) is 0.471. The molecule has 2 N–H and O–H groups in total. The maximum Gasteiger partial charge on any atom is 0.321 e. The van der Waals surface area contributed by atoms with Gasteiger partial charge in [-0.25, -0.2) is 12.8 Å². The molecule has 1 saturated heterocycles. The molecule has 2 amide bonds. The topological polar surface area (TPSA) is 127 Å². The van der Waals surface area contributed by atoms with Gasteiger partial charge in [0.05, 0.1) is 10.8 Å². The number of hydrogen-bond donors (Lipinski definition) is 1. The fourth-order valence-electron chi connectivity index (χ4n) is 2.77. The van der Waals surface area contributed by atoms with Crippen LogP contribution in [0.5, 0.6) is 0 Å². The number of nitrogens with two attached hydrogens (primary N) is 1. The summed E-state index contributed by atoms with van der Waals surface area (Å²) in [5.41, 5.74) is 5.26. The van der Waals surface area contributed by atoms with E-state index in [-0.39, 0.29) is 11.4 Å². The molecule has 154 valence electrons. The number of piperidine rings is 1. The molecule has 0 radical (unpaired) electrons. The average Bonchev–Trinajstić information content (AvgIpc) is 2.66. The Balaban J connectivity index is 1.87. The van der Waals surface area contributed by atoms with Gasteiger partial charge in [0.25, 0.3) is 5.91 Å². The predicted octanol–water partition coefficient (Wildman–Crippen LogP) is -0.287. The van der Waals surface area contributed by atoms with E-state index in [2.05, 4.69) is 0 Å². The number of sulfonamides is 1. The smallest absolute Gasteiger partial charge is 0.321 e. The molecule has 9 nitrogen and oxygen atoms in total. The molecule has 1 aliphatic heterocycles. The summed E-state index contributed by atoms with van der Waals surface area (Å²) in [6.45, 7) is -0.574. The van der Waals surface area contributed by atoms with Crippen LogP contribution in [0.25, 0.3) is 0 Å². The molecule has 0 unspecified atom stereocenters. The monoisotopic (exact) mass is 415 g/mol. The lowest BCUT2D eigenvalue weighted by Gasteiger charge is -2.31. The summed E-state index contributed by atoms with van der Waals surface area (Å²) in [6, 6.07) is 4.16. The normalized spacial score (nSPS) is 17.4. The Morgan fingerprint density at radius 3 is 2.54 bits per heavy atom. The molecule has 0 aromatic heterocycles. The van der Waals surface area contributed by atoms with E-state index in [9.17, 15) is 27.2 Å². The van der Waals surface area contributed by atoms with E-state index in [0.717, 1.165) is 28.6 Å². The van der Waals surface area contributed by atoms with Crippen molar-refractivity contribution in [1.29, 1.82) is 0 Å². The lowest BCUT2D eigenvalue weighted by molar-refractivity contribution is -0.153. The number of nitrogens with zero attached hydrogens (tertiary/aromatic N) is 2. The molecule has 1 fully saturated rings. The van der Waals surface area contributed by atoms with Gasteiger partial charge < -0.3 is 15.4 Å². The first-order valence-corrected chi connectivity index (χ1v) is 10.00. The zero-order chi connectivity index (χ0) is 20.9. The minimum absolute atomic E-state index is 0.171. The second-order valence-electron chi connectivity index (χ2n) is 6.46. The number of halogens is 1. The molecule has 0 aliphatic carbocycles. The summed E-state index contributed by atoms with van der Waals surface area (Å²) in [4.78, 5) is 36.5. The fourth-order valence-corrected chi connectivity index (χ4v) is 3.88. The lowest BCUT2D eigenvalue weighted by Crippen LogP contribution is -2.45. The Bertz CT molecular complexity index is 843. The number of likely N-dealkylation sites (tertiary alicyclic amines) is 1. The van der Waals surface area contributed by atoms with Crippen LogP contribution in [0.15, 0.2) is 29.2 Å². The SMILES string of the molecule is CN(CC(=O)OCC(=O)N1CCC[C@H](C(N)=O)C1)S(=O)(=O)c1ccc(F)cc1. The molecule has 1 aromatic rings. The maximum atomic E-state index is 12.9. The van der Waals surface area contributed by atoms with Gasteiger partial charge in [-0.1, -0.05) is 0 Å². The van der Waals surface area contributed by atoms with Crippen LogP contribution < -0.4 is 5.73 Å². The highest BCUT2D eigenvalue weighted by atomic mass is 32.2. The van der Waals surface area contributed by atoms with Gasteiger partial charge >= 0.3 is 5.97 Å². The maximum absolute atomic E-state index is 12.9. The van der Waals surface area contributed by atoms with E-state index in [1.807, 2.05) is 0 Å². The molecular formula is C17H22FN3O6S. The van der Waals surface area contributed by atoms with E-state index < -0.39 is 52.7 Å². The molecule has 1 atom stereocenters. The van der Waals surface area contributed by atoms with Crippen molar-refractivity contribution in [2.24, 2.45) is 11.7 Å². The van der Waals surface area contributed by atoms with Crippen LogP contribution in [0.2, 0.25) is 0 Å². The molecular weight excluding hydrogens is 393 g/mol. The zero-order valence-corrected chi connectivity index (χ0v) is 16.2. The molecule has 0 bridgehead atoms. The number of primary amides is 1. The number of hydrogen-bond acceptors (Lipinski definition) is 6. The van der Waals surface area contributed by atoms with E-state index in [0.29, 0.717) is 19.4 Å². The number of carbonyl (C=O) groups excluding carboxylic acids is 3. The van der Waals surface area contributed by atoms with E-state index in [4.69, 9.17) is 10.5 Å². The lowest BCUT2D eigenvalue weighted by atomic mass is 9.97. The summed E-state index contributed by atoms with van der Waals surface area (Å²) in [5, 5.41) is 0. The Morgan fingerprint density at radius 2 is 1.93 bits per heavy atom. The molecule has 1 aliphatic rings. The van der Waals surface area contributed by atoms with Crippen molar-refractivity contribution in [2.45, 2.75) is 17.7 Å². The Labute approximate surface area is 162 Å². The highest BCUT2D eigenvalue weighted by Gasteiger charge is 2.28. The third-order valence-electron chi connectivity index (χ3n) is 4.41. The van der Waals surface area contributed by atoms with Crippen LogP contribution in [-0.4, -0.2) is 68.7 Å². The van der Waals surface area contributed by atoms with Crippen molar-refractivity contribution in [3.05, 3.63) is 30.1 Å². The predicted molar refractivity (Wildman–Crippen MR) is 95.7 cm³/mol. The van der Waals surface area contributed by atoms with Gasteiger partial charge in [0.15, 0.2) is 6.61 Å². The summed E-state index contributed by atoms with van der Waals surface area (Å²) in [6.07, 6.45) is 1.22. The number of carbonyl (C=O) groups is 3. The van der Waals surface area contributed by atoms with Gasteiger partial charge in [0.1, 0.15) is 12.4 Å². The molecule has 2 rings (SSSR count). The summed E-state index contributed by atoms with van der Waals surface area (Å²) in [5.74, 6) is -2.90. The van der Waals surface area contributed by atoms with E-state index in [1.165, 1.54) is 11.9 Å². The number of ether oxygens (including phenoxy) is 1. The van der Waals surface area contributed by atoms with Crippen LogP contribution in [0, 0.1) is 11.7 Å². The van der Waals surface area contributed by atoms with Crippen LogP contribution in [0.1, 0.15) is 12.8 Å². The van der Waals surface area contributed by atoms with Gasteiger partial charge in [-0.2, -0.15) is 4.31 Å². The Kier molecular flexibility index (Phi) is 7.08. The number of rotatable bonds is 7. The second kappa shape index (κ2) is 9.11. The van der Waals surface area contributed by atoms with Crippen LogP contribution >= 0.6 is 0 Å². The van der Waals surface area contributed by atoms with E-state index >= 15 is 0 Å². The first-order valence-electron chi connectivity index (χ1n) is 8.56. The molecule has 0 spiro atoms. The molecule has 28 heavy (non-hydrogen) atoms. The van der Waals surface area contributed by atoms with Gasteiger partial charge in [-0.15, -0.1) is 0 Å². The van der Waals surface area contributed by atoms with Gasteiger partial charge in [0.2, 0.25) is 15.9 Å². The van der Waals surface area contributed by atoms with Crippen molar-refractivity contribution in [2.75, 3.05) is 33.3 Å². The third-order valence-corrected chi connectivity index (χ3v) is 6.22. The highest BCUT2D eigenvalue weighted by Crippen LogP contribution is 2.17. The molecule has 1 heterocycles. The van der Waals surface area contributed by atoms with Crippen molar-refractivity contribution in [3.8, 4) is 0 Å². The van der Waals surface area contributed by atoms with Crippen LogP contribution in [0.3, 0.4) is 0 Å². The average molecular weight is 415 g/mol. The second-order valence-corrected chi connectivity index (χ2v) is 8.50. The first kappa shape index (κ1) is 21.8. The third kappa shape index (κ3) is 5.49. The quantitative estimate of drug-likeness (QED) is 0.610. The van der Waals surface area contributed by atoms with Gasteiger partial charge in [0, 0.05) is 20.1 Å². The van der Waals surface area contributed by atoms with Crippen LogP contribution in [0.4, 0.5) is 4.39 Å². The van der Waals surface area contributed by atoms with Crippen molar-refractivity contribution in [3.63, 3.8) is 0 Å². The number of likely N-dealkylation sites (N-methyl/N-ethyl adjacent to an activating group) is 1. The standard InChI is InChI=1S/C17H22FN3O6S/c1-20(28(25,26)14-6-4-13(18)5-7-14)10-16(23)27-11-15(22)21-8-2-3-12(9-21)17(19)24/h4-7,12H,2-3,8-11H2,1H3,(H2,19,24)/t12-/m0/s1. The Hall–Kier alpha value is -2.53. The number of benzene rings is 1. The largest absolute Gasteiger partial charge is 0.455 e. The minimum atomic E-state index is -4.01. The van der Waals surface area contributed by atoms with Crippen molar-refractivity contribution < 1.29 is 31.9 Å². The summed E-state index contributed by atoms with van der Waals surface area (Å²) >= 11 is 0. The molecule has 1 aromatic carbocycles. The number of esters is 1. The minimum Gasteiger partial charge on any atom is -0.455 e. The highest BCUT2D eigenvalue weighted by molar-refractivity contribution is 7.89. The van der Waals surface area contributed by atoms with Gasteiger partial charge in [-0.05, 0) is 37.1 Å². The van der Waals surface area contributed by atoms with Gasteiger partial charge in [-0.3, -0.25) is 14.4 Å². The van der Waals surface area contributed by atoms with Crippen LogP contribution in [-0.2, 0) is 29.1 Å². The van der Waals surface area contributed by atoms with E-state index in [1.54, 1.807) is 0 Å². The summed E-state index contributed by atoms with van der Waals surface area (Å²) < 4.78 is 43.2. The first-order chi connectivity index (χ1) is 13.1. The summed E-state index contributed by atoms with van der Waals surface area (Å²) in [7, 11) is -2.84. The molecule has 0 saturated carbocycles. The van der Waals surface area contributed by atoms with Crippen molar-refractivity contribution >= 4 is 27.8 Å². The number of amides is 2. The van der Waals surface area contributed by atoms with Crippen molar-refractivity contribution in [1.82, 2.24) is 9.21 Å². The molecule has 11 heteroatoms. The Morgan fingerprint density at radius 1 is 1.29 bits per heavy atom. The zero-order valence-electron chi connectivity index (χ0n) is 15.3.